The second kappa shape index (κ2) is 11.0. The van der Waals surface area contributed by atoms with E-state index in [0.717, 1.165) is 17.0 Å². The largest absolute Gasteiger partial charge is 0.350 e. The van der Waals surface area contributed by atoms with E-state index >= 15 is 0 Å². The molecule has 0 amide bonds. The Labute approximate surface area is 286 Å². The molecule has 0 bridgehead atoms. The van der Waals surface area contributed by atoms with Crippen LogP contribution in [0.3, 0.4) is 0 Å². The number of amidine groups is 1. The summed E-state index contributed by atoms with van der Waals surface area (Å²) in [6.45, 7) is 0. The van der Waals surface area contributed by atoms with Crippen LogP contribution < -0.4 is 10.6 Å². The molecule has 1 heterocycles. The molecule has 232 valence electrons. The molecule has 0 radical (unpaired) electrons. The second-order valence-electron chi connectivity index (χ2n) is 13.2. The maximum atomic E-state index is 5.22. The molecule has 7 aromatic rings. The SMILES string of the molecule is c1ccc(C2N=C(c3cccc(-c4ccc5c(c4)C4(c6ccccc6-c6ccccc64)c4ccccc4-5)c3)NC(c3ccccc3)N2)cc1. The Balaban J connectivity index is 1.11. The highest BCUT2D eigenvalue weighted by Gasteiger charge is 2.51. The molecule has 0 saturated carbocycles. The predicted molar refractivity (Wildman–Crippen MR) is 199 cm³/mol. The summed E-state index contributed by atoms with van der Waals surface area (Å²) in [6, 6.07) is 63.9. The second-order valence-corrected chi connectivity index (χ2v) is 13.2. The van der Waals surface area contributed by atoms with E-state index in [9.17, 15) is 0 Å². The van der Waals surface area contributed by atoms with E-state index in [4.69, 9.17) is 4.99 Å². The molecule has 49 heavy (non-hydrogen) atoms. The number of nitrogens with one attached hydrogen (secondary N) is 2. The molecular formula is C46H33N3. The van der Waals surface area contributed by atoms with E-state index in [1.807, 2.05) is 0 Å². The lowest BCUT2D eigenvalue weighted by Gasteiger charge is -2.32. The van der Waals surface area contributed by atoms with E-state index in [-0.39, 0.29) is 17.7 Å². The molecule has 2 aliphatic carbocycles. The molecule has 2 atom stereocenters. The zero-order valence-electron chi connectivity index (χ0n) is 26.8. The average molecular weight is 628 g/mol. The molecular weight excluding hydrogens is 595 g/mol. The molecule has 2 unspecified atom stereocenters. The van der Waals surface area contributed by atoms with Crippen molar-refractivity contribution in [2.75, 3.05) is 0 Å². The smallest absolute Gasteiger partial charge is 0.131 e. The zero-order valence-corrected chi connectivity index (χ0v) is 26.8. The molecule has 2 N–H and O–H groups in total. The van der Waals surface area contributed by atoms with Gasteiger partial charge in [0, 0.05) is 5.56 Å². The minimum absolute atomic E-state index is 0.0802. The molecule has 3 heteroatoms. The van der Waals surface area contributed by atoms with Crippen LogP contribution >= 0.6 is 0 Å². The number of aliphatic imine (C=N–C) groups is 1. The highest BCUT2D eigenvalue weighted by molar-refractivity contribution is 6.01. The van der Waals surface area contributed by atoms with Crippen molar-refractivity contribution in [3.63, 3.8) is 0 Å². The third-order valence-corrected chi connectivity index (χ3v) is 10.6. The summed E-state index contributed by atoms with van der Waals surface area (Å²) in [6.07, 6.45) is -0.254. The molecule has 0 saturated heterocycles. The van der Waals surface area contributed by atoms with Crippen molar-refractivity contribution in [1.29, 1.82) is 0 Å². The van der Waals surface area contributed by atoms with Crippen molar-refractivity contribution in [3.05, 3.63) is 215 Å². The lowest BCUT2D eigenvalue weighted by Crippen LogP contribution is -2.44. The predicted octanol–water partition coefficient (Wildman–Crippen LogP) is 10.0. The van der Waals surface area contributed by atoms with E-state index in [1.54, 1.807) is 0 Å². The van der Waals surface area contributed by atoms with Gasteiger partial charge in [-0.1, -0.05) is 164 Å². The summed E-state index contributed by atoms with van der Waals surface area (Å²) in [4.78, 5) is 5.22. The Bertz CT molecular complexity index is 2350. The van der Waals surface area contributed by atoms with Crippen molar-refractivity contribution in [2.45, 2.75) is 17.7 Å². The van der Waals surface area contributed by atoms with Gasteiger partial charge in [-0.05, 0) is 78.9 Å². The summed E-state index contributed by atoms with van der Waals surface area (Å²) in [5, 5.41) is 7.43. The van der Waals surface area contributed by atoms with Gasteiger partial charge in [0.15, 0.2) is 0 Å². The molecule has 10 rings (SSSR count). The minimum atomic E-state index is -0.362. The Morgan fingerprint density at radius 3 is 1.55 bits per heavy atom. The van der Waals surface area contributed by atoms with Gasteiger partial charge < -0.3 is 5.32 Å². The Kier molecular flexibility index (Phi) is 6.30. The van der Waals surface area contributed by atoms with E-state index < -0.39 is 0 Å². The fourth-order valence-electron chi connectivity index (χ4n) is 8.45. The number of rotatable bonds is 4. The van der Waals surface area contributed by atoms with E-state index in [2.05, 4.69) is 187 Å². The highest BCUT2D eigenvalue weighted by atomic mass is 15.3. The van der Waals surface area contributed by atoms with Crippen molar-refractivity contribution >= 4 is 5.84 Å². The van der Waals surface area contributed by atoms with Gasteiger partial charge in [-0.15, -0.1) is 0 Å². The Morgan fingerprint density at radius 1 is 0.408 bits per heavy atom. The summed E-state index contributed by atoms with van der Waals surface area (Å²) in [5.41, 5.74) is 16.1. The van der Waals surface area contributed by atoms with Crippen LogP contribution in [0, 0.1) is 0 Å². The molecule has 3 nitrogen and oxygen atoms in total. The van der Waals surface area contributed by atoms with Gasteiger partial charge in [-0.25, -0.2) is 4.99 Å². The van der Waals surface area contributed by atoms with E-state index in [1.165, 1.54) is 61.2 Å². The van der Waals surface area contributed by atoms with Crippen LogP contribution in [-0.2, 0) is 5.41 Å². The van der Waals surface area contributed by atoms with Crippen LogP contribution in [0.15, 0.2) is 181 Å². The summed E-state index contributed by atoms with van der Waals surface area (Å²) in [7, 11) is 0. The maximum absolute atomic E-state index is 5.22. The fraction of sp³-hybridized carbons (Fsp3) is 0.0652. The molecule has 3 aliphatic rings. The van der Waals surface area contributed by atoms with Crippen molar-refractivity contribution in [3.8, 4) is 33.4 Å². The molecule has 0 aromatic heterocycles. The van der Waals surface area contributed by atoms with Gasteiger partial charge in [0.1, 0.15) is 18.2 Å². The van der Waals surface area contributed by atoms with Crippen LogP contribution in [0.25, 0.3) is 33.4 Å². The summed E-state index contributed by atoms with van der Waals surface area (Å²) in [5.74, 6) is 0.881. The number of benzene rings is 7. The lowest BCUT2D eigenvalue weighted by molar-refractivity contribution is 0.409. The average Bonchev–Trinajstić information content (AvgIpc) is 3.66. The van der Waals surface area contributed by atoms with Crippen molar-refractivity contribution in [1.82, 2.24) is 10.6 Å². The maximum Gasteiger partial charge on any atom is 0.131 e. The lowest BCUT2D eigenvalue weighted by atomic mass is 9.70. The topological polar surface area (TPSA) is 36.4 Å². The van der Waals surface area contributed by atoms with E-state index in [0.29, 0.717) is 0 Å². The van der Waals surface area contributed by atoms with Gasteiger partial charge in [0.25, 0.3) is 0 Å². The molecule has 7 aromatic carbocycles. The summed E-state index contributed by atoms with van der Waals surface area (Å²) < 4.78 is 0. The fourth-order valence-corrected chi connectivity index (χ4v) is 8.45. The zero-order chi connectivity index (χ0) is 32.4. The van der Waals surface area contributed by atoms with Crippen LogP contribution in [0.2, 0.25) is 0 Å². The minimum Gasteiger partial charge on any atom is -0.350 e. The first-order valence-electron chi connectivity index (χ1n) is 17.0. The molecule has 1 spiro atoms. The van der Waals surface area contributed by atoms with Gasteiger partial charge in [0.2, 0.25) is 0 Å². The first kappa shape index (κ1) is 28.0. The Morgan fingerprint density at radius 2 is 0.918 bits per heavy atom. The monoisotopic (exact) mass is 627 g/mol. The third-order valence-electron chi connectivity index (χ3n) is 10.6. The summed E-state index contributed by atoms with van der Waals surface area (Å²) >= 11 is 0. The molecule has 0 fully saturated rings. The first-order chi connectivity index (χ1) is 24.3. The van der Waals surface area contributed by atoms with Crippen molar-refractivity contribution in [2.24, 2.45) is 4.99 Å². The van der Waals surface area contributed by atoms with Crippen LogP contribution in [0.4, 0.5) is 0 Å². The normalized spacial score (nSPS) is 17.8. The molecule has 1 aliphatic heterocycles. The standard InChI is InChI=1S/C46H33N3/c1-3-14-30(15-4-1)43-47-44(31-16-5-2-6-17-31)49-45(48-43)34-19-13-18-32(28-34)33-26-27-38-37-22-9-12-25-41(37)46(42(38)29-33)39-23-10-7-20-35(39)36-21-8-11-24-40(36)46/h1-29,43-44,47H,(H,48,49). The van der Waals surface area contributed by atoms with Crippen LogP contribution in [0.5, 0.6) is 0 Å². The number of fused-ring (bicyclic) bond motifs is 10. The quantitative estimate of drug-likeness (QED) is 0.204. The highest BCUT2D eigenvalue weighted by Crippen LogP contribution is 2.63. The first-order valence-corrected chi connectivity index (χ1v) is 17.0. The van der Waals surface area contributed by atoms with Gasteiger partial charge in [-0.3, -0.25) is 5.32 Å². The Hall–Kier alpha value is -6.03. The van der Waals surface area contributed by atoms with Crippen LogP contribution in [-0.4, -0.2) is 5.84 Å². The third kappa shape index (κ3) is 4.23. The van der Waals surface area contributed by atoms with Crippen molar-refractivity contribution < 1.29 is 0 Å². The number of hydrogen-bond acceptors (Lipinski definition) is 3. The van der Waals surface area contributed by atoms with Gasteiger partial charge >= 0.3 is 0 Å². The van der Waals surface area contributed by atoms with Gasteiger partial charge in [-0.2, -0.15) is 0 Å². The number of hydrogen-bond donors (Lipinski definition) is 2. The van der Waals surface area contributed by atoms with Crippen LogP contribution in [0.1, 0.15) is 51.3 Å². The number of nitrogens with zero attached hydrogens (tertiary/aromatic N) is 1. The van der Waals surface area contributed by atoms with Gasteiger partial charge in [0.05, 0.1) is 5.41 Å².